The molecule has 0 saturated carbocycles. The fourth-order valence-electron chi connectivity index (χ4n) is 3.48. The Balaban J connectivity index is 2.48. The lowest BCUT2D eigenvalue weighted by atomic mass is 9.86. The molecule has 0 aromatic rings. The van der Waals surface area contributed by atoms with E-state index in [9.17, 15) is 0 Å². The topological polar surface area (TPSA) is 6.48 Å². The van der Waals surface area contributed by atoms with Crippen LogP contribution >= 0.6 is 0 Å². The third kappa shape index (κ3) is 6.13. The van der Waals surface area contributed by atoms with Gasteiger partial charge in [-0.2, -0.15) is 0 Å². The Hall–Kier alpha value is -0.0800. The van der Waals surface area contributed by atoms with E-state index in [1.807, 2.05) is 0 Å². The maximum atomic E-state index is 2.80. The Morgan fingerprint density at radius 1 is 0.750 bits per heavy atom. The number of nitrogens with zero attached hydrogens (tertiary/aromatic N) is 2. The molecule has 2 heteroatoms. The molecule has 0 aromatic carbocycles. The van der Waals surface area contributed by atoms with Crippen LogP contribution in [0.15, 0.2) is 0 Å². The highest BCUT2D eigenvalue weighted by Crippen LogP contribution is 2.29. The second-order valence-corrected chi connectivity index (χ2v) is 7.06. The van der Waals surface area contributed by atoms with E-state index in [0.29, 0.717) is 5.54 Å². The summed E-state index contributed by atoms with van der Waals surface area (Å²) in [7, 11) is 2.26. The number of unbranched alkanes of at least 4 members (excludes halogenated alkanes) is 5. The standard InChI is InChI=1S/C18H38N2/c1-5-7-9-11-13-18(3,12-10-8-6-2)20-16-14-19(4)15-17-20/h5-17H2,1-4H3. The average molecular weight is 283 g/mol. The molecule has 1 aliphatic rings. The average Bonchev–Trinajstić information content (AvgIpc) is 2.45. The highest BCUT2D eigenvalue weighted by molar-refractivity contribution is 4.89. The van der Waals surface area contributed by atoms with Crippen molar-refractivity contribution < 1.29 is 0 Å². The third-order valence-corrected chi connectivity index (χ3v) is 5.15. The minimum Gasteiger partial charge on any atom is -0.304 e. The molecule has 0 N–H and O–H groups in total. The van der Waals surface area contributed by atoms with Crippen molar-refractivity contribution in [3.63, 3.8) is 0 Å². The quantitative estimate of drug-likeness (QED) is 0.543. The molecular formula is C18H38N2. The lowest BCUT2D eigenvalue weighted by Crippen LogP contribution is -2.55. The summed E-state index contributed by atoms with van der Waals surface area (Å²) >= 11 is 0. The van der Waals surface area contributed by atoms with Crippen molar-refractivity contribution in [2.24, 2.45) is 0 Å². The first kappa shape index (κ1) is 18.0. The highest BCUT2D eigenvalue weighted by Gasteiger charge is 2.32. The zero-order chi connectivity index (χ0) is 14.8. The number of hydrogen-bond acceptors (Lipinski definition) is 2. The van der Waals surface area contributed by atoms with Gasteiger partial charge in [0.1, 0.15) is 0 Å². The molecule has 120 valence electrons. The van der Waals surface area contributed by atoms with E-state index >= 15 is 0 Å². The van der Waals surface area contributed by atoms with E-state index in [0.717, 1.165) is 0 Å². The maximum Gasteiger partial charge on any atom is 0.0182 e. The smallest absolute Gasteiger partial charge is 0.0182 e. The van der Waals surface area contributed by atoms with Crippen LogP contribution in [0.25, 0.3) is 0 Å². The molecule has 0 spiro atoms. The van der Waals surface area contributed by atoms with Crippen LogP contribution in [0.1, 0.15) is 78.6 Å². The van der Waals surface area contributed by atoms with Crippen LogP contribution in [0, 0.1) is 0 Å². The van der Waals surface area contributed by atoms with Gasteiger partial charge in [0.25, 0.3) is 0 Å². The zero-order valence-electron chi connectivity index (χ0n) is 14.6. The molecule has 1 unspecified atom stereocenters. The van der Waals surface area contributed by atoms with Crippen LogP contribution in [0.4, 0.5) is 0 Å². The Morgan fingerprint density at radius 2 is 1.25 bits per heavy atom. The Morgan fingerprint density at radius 3 is 1.80 bits per heavy atom. The second-order valence-electron chi connectivity index (χ2n) is 7.06. The normalized spacial score (nSPS) is 21.0. The fourth-order valence-corrected chi connectivity index (χ4v) is 3.48. The molecule has 0 radical (unpaired) electrons. The van der Waals surface area contributed by atoms with E-state index in [2.05, 4.69) is 37.6 Å². The van der Waals surface area contributed by atoms with Gasteiger partial charge < -0.3 is 4.90 Å². The van der Waals surface area contributed by atoms with Gasteiger partial charge in [0.2, 0.25) is 0 Å². The van der Waals surface area contributed by atoms with Gasteiger partial charge in [-0.3, -0.25) is 4.90 Å². The summed E-state index contributed by atoms with van der Waals surface area (Å²) in [6.45, 7) is 12.2. The molecule has 1 saturated heterocycles. The molecule has 2 nitrogen and oxygen atoms in total. The third-order valence-electron chi connectivity index (χ3n) is 5.15. The van der Waals surface area contributed by atoms with Crippen molar-refractivity contribution in [2.75, 3.05) is 33.2 Å². The first-order chi connectivity index (χ1) is 9.62. The van der Waals surface area contributed by atoms with Crippen molar-refractivity contribution in [1.82, 2.24) is 9.80 Å². The molecule has 0 amide bonds. The predicted molar refractivity (Wildman–Crippen MR) is 90.4 cm³/mol. The van der Waals surface area contributed by atoms with Gasteiger partial charge in [-0.05, 0) is 26.8 Å². The van der Waals surface area contributed by atoms with Gasteiger partial charge in [-0.15, -0.1) is 0 Å². The van der Waals surface area contributed by atoms with Crippen molar-refractivity contribution in [3.8, 4) is 0 Å². The van der Waals surface area contributed by atoms with E-state index in [1.165, 1.54) is 84.0 Å². The van der Waals surface area contributed by atoms with Gasteiger partial charge in [0, 0.05) is 31.7 Å². The number of likely N-dealkylation sites (N-methyl/N-ethyl adjacent to an activating group) is 1. The lowest BCUT2D eigenvalue weighted by molar-refractivity contribution is 0.0357. The fraction of sp³-hybridized carbons (Fsp3) is 1.00. The molecule has 0 aromatic heterocycles. The van der Waals surface area contributed by atoms with Crippen LogP contribution in [0.3, 0.4) is 0 Å². The SMILES string of the molecule is CCCCCCC(C)(CCCCC)N1CCN(C)CC1. The summed E-state index contributed by atoms with van der Waals surface area (Å²) < 4.78 is 0. The molecular weight excluding hydrogens is 244 g/mol. The minimum atomic E-state index is 0.462. The monoisotopic (exact) mass is 282 g/mol. The van der Waals surface area contributed by atoms with Gasteiger partial charge in [0.15, 0.2) is 0 Å². The number of piperazine rings is 1. The Bertz CT molecular complexity index is 234. The largest absolute Gasteiger partial charge is 0.304 e. The predicted octanol–water partition coefficient (Wildman–Crippen LogP) is 4.54. The van der Waals surface area contributed by atoms with Gasteiger partial charge in [-0.25, -0.2) is 0 Å². The molecule has 20 heavy (non-hydrogen) atoms. The summed E-state index contributed by atoms with van der Waals surface area (Å²) in [6.07, 6.45) is 12.6. The van der Waals surface area contributed by atoms with Crippen LogP contribution in [-0.4, -0.2) is 48.6 Å². The molecule has 1 aliphatic heterocycles. The maximum absolute atomic E-state index is 2.80. The summed E-state index contributed by atoms with van der Waals surface area (Å²) in [5.74, 6) is 0. The summed E-state index contributed by atoms with van der Waals surface area (Å²) in [5.41, 5.74) is 0.462. The summed E-state index contributed by atoms with van der Waals surface area (Å²) in [4.78, 5) is 5.27. The molecule has 0 aliphatic carbocycles. The molecule has 1 heterocycles. The van der Waals surface area contributed by atoms with Crippen molar-refractivity contribution in [1.29, 1.82) is 0 Å². The first-order valence-corrected chi connectivity index (χ1v) is 9.06. The summed E-state index contributed by atoms with van der Waals surface area (Å²) in [5, 5.41) is 0. The van der Waals surface area contributed by atoms with E-state index < -0.39 is 0 Å². The number of rotatable bonds is 10. The molecule has 1 atom stereocenters. The Labute approximate surface area is 127 Å². The minimum absolute atomic E-state index is 0.462. The molecule has 0 bridgehead atoms. The van der Waals surface area contributed by atoms with Crippen molar-refractivity contribution >= 4 is 0 Å². The first-order valence-electron chi connectivity index (χ1n) is 9.06. The zero-order valence-corrected chi connectivity index (χ0v) is 14.6. The lowest BCUT2D eigenvalue weighted by Gasteiger charge is -2.46. The van der Waals surface area contributed by atoms with E-state index in [1.54, 1.807) is 0 Å². The second kappa shape index (κ2) is 9.78. The molecule has 1 fully saturated rings. The van der Waals surface area contributed by atoms with Gasteiger partial charge in [0.05, 0.1) is 0 Å². The van der Waals surface area contributed by atoms with Crippen LogP contribution < -0.4 is 0 Å². The van der Waals surface area contributed by atoms with Crippen molar-refractivity contribution in [3.05, 3.63) is 0 Å². The Kier molecular flexibility index (Phi) is 8.79. The van der Waals surface area contributed by atoms with E-state index in [-0.39, 0.29) is 0 Å². The van der Waals surface area contributed by atoms with Crippen LogP contribution in [0.5, 0.6) is 0 Å². The van der Waals surface area contributed by atoms with Gasteiger partial charge in [-0.1, -0.05) is 58.8 Å². The van der Waals surface area contributed by atoms with Crippen molar-refractivity contribution in [2.45, 2.75) is 84.1 Å². The highest BCUT2D eigenvalue weighted by atomic mass is 15.3. The van der Waals surface area contributed by atoms with Crippen LogP contribution in [0.2, 0.25) is 0 Å². The molecule has 1 rings (SSSR count). The van der Waals surface area contributed by atoms with E-state index in [4.69, 9.17) is 0 Å². The van der Waals surface area contributed by atoms with Crippen LogP contribution in [-0.2, 0) is 0 Å². The summed E-state index contributed by atoms with van der Waals surface area (Å²) in [6, 6.07) is 0. The number of hydrogen-bond donors (Lipinski definition) is 0. The van der Waals surface area contributed by atoms with Gasteiger partial charge >= 0.3 is 0 Å².